The first-order valence-corrected chi connectivity index (χ1v) is 4.14. The highest BCUT2D eigenvalue weighted by molar-refractivity contribution is 5.39. The molecular weight excluding hydrogens is 166 g/mol. The van der Waals surface area contributed by atoms with E-state index in [0.717, 1.165) is 17.9 Å². The molecule has 0 amide bonds. The Hall–Kier alpha value is -1.22. The Balaban J connectivity index is 2.92. The van der Waals surface area contributed by atoms with Gasteiger partial charge in [-0.15, -0.1) is 0 Å². The molecule has 1 aromatic carbocycles. The summed E-state index contributed by atoms with van der Waals surface area (Å²) in [7, 11) is 5.59. The van der Waals surface area contributed by atoms with Gasteiger partial charge in [0, 0.05) is 18.2 Å². The van der Waals surface area contributed by atoms with Gasteiger partial charge in [0.2, 0.25) is 0 Å². The Morgan fingerprint density at radius 3 is 2.62 bits per heavy atom. The molecule has 13 heavy (non-hydrogen) atoms. The van der Waals surface area contributed by atoms with Crippen molar-refractivity contribution in [1.82, 2.24) is 4.90 Å². The minimum Gasteiger partial charge on any atom is -0.508 e. The van der Waals surface area contributed by atoms with Gasteiger partial charge in [-0.05, 0) is 20.2 Å². The van der Waals surface area contributed by atoms with E-state index in [9.17, 15) is 5.11 Å². The minimum absolute atomic E-state index is 0.236. The molecule has 0 aliphatic heterocycles. The molecule has 0 atom stereocenters. The van der Waals surface area contributed by atoms with Gasteiger partial charge in [0.05, 0.1) is 7.11 Å². The lowest BCUT2D eigenvalue weighted by Gasteiger charge is -2.13. The monoisotopic (exact) mass is 181 g/mol. The first-order valence-electron chi connectivity index (χ1n) is 4.14. The largest absolute Gasteiger partial charge is 0.508 e. The third-order valence-electron chi connectivity index (χ3n) is 1.76. The third kappa shape index (κ3) is 2.63. The lowest BCUT2D eigenvalue weighted by molar-refractivity contribution is 0.369. The van der Waals surface area contributed by atoms with Crippen LogP contribution in [-0.4, -0.2) is 31.2 Å². The maximum absolute atomic E-state index is 9.21. The molecule has 0 spiro atoms. The topological polar surface area (TPSA) is 32.7 Å². The van der Waals surface area contributed by atoms with Crippen molar-refractivity contribution in [2.75, 3.05) is 21.2 Å². The minimum atomic E-state index is 0.236. The van der Waals surface area contributed by atoms with Crippen molar-refractivity contribution in [2.45, 2.75) is 6.54 Å². The van der Waals surface area contributed by atoms with Gasteiger partial charge in [0.1, 0.15) is 11.5 Å². The fraction of sp³-hybridized carbons (Fsp3) is 0.400. The van der Waals surface area contributed by atoms with E-state index in [1.807, 2.05) is 20.2 Å². The summed E-state index contributed by atoms with van der Waals surface area (Å²) in [4.78, 5) is 2.05. The van der Waals surface area contributed by atoms with Crippen LogP contribution in [0.2, 0.25) is 0 Å². The molecule has 0 aliphatic rings. The molecule has 3 nitrogen and oxygen atoms in total. The fourth-order valence-electron chi connectivity index (χ4n) is 1.20. The highest BCUT2D eigenvalue weighted by Crippen LogP contribution is 2.24. The normalized spacial score (nSPS) is 10.5. The van der Waals surface area contributed by atoms with Crippen molar-refractivity contribution in [1.29, 1.82) is 0 Å². The molecule has 0 saturated carbocycles. The number of ether oxygens (including phenoxy) is 1. The molecule has 0 saturated heterocycles. The van der Waals surface area contributed by atoms with Crippen molar-refractivity contribution in [3.8, 4) is 11.5 Å². The lowest BCUT2D eigenvalue weighted by Crippen LogP contribution is -2.11. The van der Waals surface area contributed by atoms with Crippen molar-refractivity contribution in [3.63, 3.8) is 0 Å². The van der Waals surface area contributed by atoms with Gasteiger partial charge >= 0.3 is 0 Å². The number of nitrogens with zero attached hydrogens (tertiary/aromatic N) is 1. The van der Waals surface area contributed by atoms with Gasteiger partial charge in [-0.25, -0.2) is 0 Å². The van der Waals surface area contributed by atoms with Crippen molar-refractivity contribution < 1.29 is 9.84 Å². The summed E-state index contributed by atoms with van der Waals surface area (Å²) >= 11 is 0. The zero-order chi connectivity index (χ0) is 9.84. The van der Waals surface area contributed by atoms with E-state index in [0.29, 0.717) is 0 Å². The van der Waals surface area contributed by atoms with Crippen LogP contribution in [0.3, 0.4) is 0 Å². The summed E-state index contributed by atoms with van der Waals surface area (Å²) in [5.74, 6) is 0.966. The molecule has 0 aliphatic carbocycles. The van der Waals surface area contributed by atoms with E-state index in [2.05, 4.69) is 4.90 Å². The number of methoxy groups -OCH3 is 1. The summed E-state index contributed by atoms with van der Waals surface area (Å²) in [6, 6.07) is 5.16. The maximum atomic E-state index is 9.21. The molecule has 72 valence electrons. The van der Waals surface area contributed by atoms with Crippen LogP contribution in [0.15, 0.2) is 18.2 Å². The first-order chi connectivity index (χ1) is 6.13. The van der Waals surface area contributed by atoms with Gasteiger partial charge in [0.25, 0.3) is 0 Å². The number of phenols is 1. The molecule has 1 aromatic rings. The average Bonchev–Trinajstić information content (AvgIpc) is 2.07. The van der Waals surface area contributed by atoms with Gasteiger partial charge in [-0.2, -0.15) is 0 Å². The van der Waals surface area contributed by atoms with Crippen LogP contribution in [0, 0.1) is 0 Å². The van der Waals surface area contributed by atoms with Gasteiger partial charge < -0.3 is 14.7 Å². The second-order valence-electron chi connectivity index (χ2n) is 3.23. The average molecular weight is 181 g/mol. The lowest BCUT2D eigenvalue weighted by atomic mass is 10.2. The molecule has 0 radical (unpaired) electrons. The molecule has 1 N–H and O–H groups in total. The van der Waals surface area contributed by atoms with Crippen LogP contribution in [0.25, 0.3) is 0 Å². The summed E-state index contributed by atoms with van der Waals surface area (Å²) in [5.41, 5.74) is 1.07. The van der Waals surface area contributed by atoms with Gasteiger partial charge in [-0.1, -0.05) is 6.07 Å². The van der Waals surface area contributed by atoms with E-state index >= 15 is 0 Å². The quantitative estimate of drug-likeness (QED) is 0.766. The number of aromatic hydroxyl groups is 1. The Morgan fingerprint density at radius 2 is 2.08 bits per heavy atom. The van der Waals surface area contributed by atoms with Gasteiger partial charge in [-0.3, -0.25) is 0 Å². The van der Waals surface area contributed by atoms with E-state index in [1.165, 1.54) is 0 Å². The third-order valence-corrected chi connectivity index (χ3v) is 1.76. The molecule has 0 unspecified atom stereocenters. The SMILES string of the molecule is COc1cc(O)ccc1CN(C)C. The molecule has 0 fully saturated rings. The molecule has 0 bridgehead atoms. The number of hydrogen-bond donors (Lipinski definition) is 1. The molecule has 1 rings (SSSR count). The number of rotatable bonds is 3. The van der Waals surface area contributed by atoms with Crippen LogP contribution in [0.5, 0.6) is 11.5 Å². The summed E-state index contributed by atoms with van der Waals surface area (Å²) in [5, 5.41) is 9.21. The predicted octanol–water partition coefficient (Wildman–Crippen LogP) is 1.46. The van der Waals surface area contributed by atoms with Gasteiger partial charge in [0.15, 0.2) is 0 Å². The van der Waals surface area contributed by atoms with Crippen LogP contribution in [0.4, 0.5) is 0 Å². The predicted molar refractivity (Wildman–Crippen MR) is 52.0 cm³/mol. The molecular formula is C10H15NO2. The summed E-state index contributed by atoms with van der Waals surface area (Å²) in [6.45, 7) is 0.809. The first kappa shape index (κ1) is 9.86. The Morgan fingerprint density at radius 1 is 1.38 bits per heavy atom. The summed E-state index contributed by atoms with van der Waals surface area (Å²) in [6.07, 6.45) is 0. The highest BCUT2D eigenvalue weighted by Gasteiger charge is 2.04. The van der Waals surface area contributed by atoms with Crippen LogP contribution in [-0.2, 0) is 6.54 Å². The van der Waals surface area contributed by atoms with Crippen molar-refractivity contribution in [2.24, 2.45) is 0 Å². The Kier molecular flexibility index (Phi) is 3.14. The van der Waals surface area contributed by atoms with Crippen LogP contribution in [0.1, 0.15) is 5.56 Å². The zero-order valence-corrected chi connectivity index (χ0v) is 8.24. The standard InChI is InChI=1S/C10H15NO2/c1-11(2)7-8-4-5-9(12)6-10(8)13-3/h4-6,12H,7H2,1-3H3. The highest BCUT2D eigenvalue weighted by atomic mass is 16.5. The van der Waals surface area contributed by atoms with Crippen molar-refractivity contribution >= 4 is 0 Å². The fourth-order valence-corrected chi connectivity index (χ4v) is 1.20. The van der Waals surface area contributed by atoms with E-state index in [1.54, 1.807) is 19.2 Å². The zero-order valence-electron chi connectivity index (χ0n) is 8.24. The molecule has 3 heteroatoms. The molecule has 0 aromatic heterocycles. The number of benzene rings is 1. The van der Waals surface area contributed by atoms with E-state index in [4.69, 9.17) is 4.74 Å². The second-order valence-corrected chi connectivity index (χ2v) is 3.23. The Bertz CT molecular complexity index is 284. The Labute approximate surface area is 78.6 Å². The number of hydrogen-bond acceptors (Lipinski definition) is 3. The van der Waals surface area contributed by atoms with Crippen LogP contribution < -0.4 is 4.74 Å². The molecule has 0 heterocycles. The second kappa shape index (κ2) is 4.14. The van der Waals surface area contributed by atoms with Crippen molar-refractivity contribution in [3.05, 3.63) is 23.8 Å². The number of phenolic OH excluding ortho intramolecular Hbond substituents is 1. The maximum Gasteiger partial charge on any atom is 0.127 e. The van der Waals surface area contributed by atoms with Crippen LogP contribution >= 0.6 is 0 Å². The van der Waals surface area contributed by atoms with E-state index in [-0.39, 0.29) is 5.75 Å². The smallest absolute Gasteiger partial charge is 0.127 e. The van der Waals surface area contributed by atoms with E-state index < -0.39 is 0 Å². The summed E-state index contributed by atoms with van der Waals surface area (Å²) < 4.78 is 5.14.